The summed E-state index contributed by atoms with van der Waals surface area (Å²) < 4.78 is 10.8. The van der Waals surface area contributed by atoms with Gasteiger partial charge in [0.1, 0.15) is 11.3 Å². The van der Waals surface area contributed by atoms with Crippen molar-refractivity contribution in [3.8, 4) is 11.4 Å². The first-order chi connectivity index (χ1) is 14.6. The van der Waals surface area contributed by atoms with E-state index in [1.54, 1.807) is 26.4 Å². The van der Waals surface area contributed by atoms with Crippen molar-refractivity contribution < 1.29 is 14.3 Å². The van der Waals surface area contributed by atoms with E-state index in [0.717, 1.165) is 49.5 Å². The Hall–Kier alpha value is -2.74. The van der Waals surface area contributed by atoms with Gasteiger partial charge in [-0.15, -0.1) is 0 Å². The number of fused-ring (bicyclic) bond motifs is 1. The zero-order chi connectivity index (χ0) is 21.1. The van der Waals surface area contributed by atoms with Gasteiger partial charge in [-0.05, 0) is 30.5 Å². The second-order valence-electron chi connectivity index (χ2n) is 7.82. The molecule has 1 aliphatic rings. The molecule has 0 aliphatic carbocycles. The van der Waals surface area contributed by atoms with Gasteiger partial charge >= 0.3 is 0 Å². The molecule has 3 N–H and O–H groups in total. The first-order valence-corrected chi connectivity index (χ1v) is 10.2. The van der Waals surface area contributed by atoms with E-state index in [0.29, 0.717) is 23.2 Å². The highest BCUT2D eigenvalue weighted by molar-refractivity contribution is 6.04. The highest BCUT2D eigenvalue weighted by Gasteiger charge is 2.33. The van der Waals surface area contributed by atoms with Gasteiger partial charge in [-0.3, -0.25) is 9.69 Å². The average Bonchev–Trinajstić information content (AvgIpc) is 3.34. The van der Waals surface area contributed by atoms with E-state index < -0.39 is 5.91 Å². The molecule has 1 amide bonds. The topological polar surface area (TPSA) is 93.5 Å². The predicted molar refractivity (Wildman–Crippen MR) is 116 cm³/mol. The molecule has 2 heterocycles. The van der Waals surface area contributed by atoms with Crippen LogP contribution in [0.5, 0.6) is 0 Å². The number of ether oxygens (including phenoxy) is 2. The van der Waals surface area contributed by atoms with Crippen molar-refractivity contribution in [2.24, 2.45) is 5.73 Å². The largest absolute Gasteiger partial charge is 0.383 e. The fourth-order valence-electron chi connectivity index (χ4n) is 4.36. The van der Waals surface area contributed by atoms with Gasteiger partial charge in [-0.1, -0.05) is 30.3 Å². The molecule has 1 aromatic heterocycles. The van der Waals surface area contributed by atoms with Crippen molar-refractivity contribution in [2.45, 2.75) is 31.5 Å². The Morgan fingerprint density at radius 2 is 1.77 bits per heavy atom. The molecule has 1 saturated heterocycles. The minimum absolute atomic E-state index is 0.414. The third-order valence-electron chi connectivity index (χ3n) is 5.86. The number of nitrogens with two attached hydrogens (primary N) is 1. The maximum Gasteiger partial charge on any atom is 0.250 e. The van der Waals surface area contributed by atoms with Gasteiger partial charge < -0.3 is 20.2 Å². The van der Waals surface area contributed by atoms with Gasteiger partial charge in [0.05, 0.1) is 24.3 Å². The molecule has 30 heavy (non-hydrogen) atoms. The number of nitrogens with zero attached hydrogens (tertiary/aromatic N) is 2. The Balaban J connectivity index is 1.55. The SMILES string of the molecule is COC[C@@H]1CC[C@@H](COC)N1Cc1ccc(-c2nc3c(C(N)=O)cccc3[nH]2)cc1. The van der Waals surface area contributed by atoms with E-state index in [9.17, 15) is 4.79 Å². The smallest absolute Gasteiger partial charge is 0.250 e. The van der Waals surface area contributed by atoms with Gasteiger partial charge in [-0.25, -0.2) is 4.98 Å². The van der Waals surface area contributed by atoms with Crippen molar-refractivity contribution in [3.63, 3.8) is 0 Å². The lowest BCUT2D eigenvalue weighted by molar-refractivity contribution is 0.0580. The number of primary amides is 1. The molecule has 7 heteroatoms. The number of hydrogen-bond acceptors (Lipinski definition) is 5. The van der Waals surface area contributed by atoms with E-state index >= 15 is 0 Å². The summed E-state index contributed by atoms with van der Waals surface area (Å²) in [7, 11) is 3.52. The lowest BCUT2D eigenvalue weighted by atomic mass is 10.1. The van der Waals surface area contributed by atoms with Crippen molar-refractivity contribution >= 4 is 16.9 Å². The van der Waals surface area contributed by atoms with E-state index in [-0.39, 0.29) is 0 Å². The molecular formula is C23H28N4O3. The number of nitrogens with one attached hydrogen (secondary N) is 1. The first-order valence-electron chi connectivity index (χ1n) is 10.2. The molecule has 0 bridgehead atoms. The molecule has 2 atom stereocenters. The van der Waals surface area contributed by atoms with Crippen LogP contribution in [0.15, 0.2) is 42.5 Å². The summed E-state index contributed by atoms with van der Waals surface area (Å²) >= 11 is 0. The number of imidazole rings is 1. The number of hydrogen-bond donors (Lipinski definition) is 2. The molecule has 0 saturated carbocycles. The number of rotatable bonds is 8. The van der Waals surface area contributed by atoms with Crippen LogP contribution in [0.3, 0.4) is 0 Å². The van der Waals surface area contributed by atoms with Gasteiger partial charge in [0.25, 0.3) is 5.91 Å². The quantitative estimate of drug-likeness (QED) is 0.598. The standard InChI is InChI=1S/C23H28N4O3/c1-29-13-17-10-11-18(14-30-2)27(17)12-15-6-8-16(9-7-15)23-25-20-5-3-4-19(22(24)28)21(20)26-23/h3-9,17-18H,10-14H2,1-2H3,(H2,24,28)(H,25,26)/t17-,18-/m0/s1. The molecule has 0 spiro atoms. The predicted octanol–water partition coefficient (Wildman–Crippen LogP) is 2.95. The maximum atomic E-state index is 11.7. The Kier molecular flexibility index (Phi) is 6.13. The maximum absolute atomic E-state index is 11.7. The van der Waals surface area contributed by atoms with E-state index in [4.69, 9.17) is 15.2 Å². The molecule has 0 unspecified atom stereocenters. The van der Waals surface area contributed by atoms with E-state index in [1.165, 1.54) is 5.56 Å². The Bertz CT molecular complexity index is 1000. The van der Waals surface area contributed by atoms with Crippen LogP contribution in [0, 0.1) is 0 Å². The second kappa shape index (κ2) is 8.95. The van der Waals surface area contributed by atoms with Crippen LogP contribution >= 0.6 is 0 Å². The number of likely N-dealkylation sites (tertiary alicyclic amines) is 1. The average molecular weight is 409 g/mol. The number of methoxy groups -OCH3 is 2. The number of aromatic amines is 1. The van der Waals surface area contributed by atoms with Crippen LogP contribution in [0.2, 0.25) is 0 Å². The van der Waals surface area contributed by atoms with Crippen LogP contribution in [0.1, 0.15) is 28.8 Å². The first kappa shape index (κ1) is 20.5. The molecule has 0 radical (unpaired) electrons. The number of para-hydroxylation sites is 1. The fraction of sp³-hybridized carbons (Fsp3) is 0.391. The Morgan fingerprint density at radius 3 is 2.37 bits per heavy atom. The van der Waals surface area contributed by atoms with Crippen molar-refractivity contribution in [1.29, 1.82) is 0 Å². The van der Waals surface area contributed by atoms with Gasteiger partial charge in [0, 0.05) is 38.4 Å². The summed E-state index contributed by atoms with van der Waals surface area (Å²) in [4.78, 5) is 22.0. The zero-order valence-electron chi connectivity index (χ0n) is 17.4. The van der Waals surface area contributed by atoms with E-state index in [1.807, 2.05) is 6.07 Å². The molecule has 1 aliphatic heterocycles. The van der Waals surface area contributed by atoms with E-state index in [2.05, 4.69) is 39.1 Å². The normalized spacial score (nSPS) is 19.5. The molecule has 158 valence electrons. The minimum Gasteiger partial charge on any atom is -0.383 e. The molecule has 7 nitrogen and oxygen atoms in total. The Morgan fingerprint density at radius 1 is 1.10 bits per heavy atom. The lowest BCUT2D eigenvalue weighted by Gasteiger charge is -2.29. The highest BCUT2D eigenvalue weighted by Crippen LogP contribution is 2.28. The molecule has 2 aromatic carbocycles. The van der Waals surface area contributed by atoms with Gasteiger partial charge in [0.2, 0.25) is 0 Å². The number of carbonyl (C=O) groups is 1. The summed E-state index contributed by atoms with van der Waals surface area (Å²) in [5.41, 5.74) is 9.50. The third kappa shape index (κ3) is 4.09. The summed E-state index contributed by atoms with van der Waals surface area (Å²) in [6.45, 7) is 2.33. The summed E-state index contributed by atoms with van der Waals surface area (Å²) in [5.74, 6) is 0.247. The Labute approximate surface area is 176 Å². The van der Waals surface area contributed by atoms with Gasteiger partial charge in [-0.2, -0.15) is 0 Å². The molecular weight excluding hydrogens is 380 g/mol. The minimum atomic E-state index is -0.476. The summed E-state index contributed by atoms with van der Waals surface area (Å²) in [6, 6.07) is 14.6. The number of amides is 1. The third-order valence-corrected chi connectivity index (χ3v) is 5.86. The molecule has 3 aromatic rings. The van der Waals surface area contributed by atoms with Crippen LogP contribution in [-0.4, -0.2) is 60.3 Å². The number of benzene rings is 2. The van der Waals surface area contributed by atoms with Crippen LogP contribution in [0.25, 0.3) is 22.4 Å². The summed E-state index contributed by atoms with van der Waals surface area (Å²) in [6.07, 6.45) is 2.25. The second-order valence-corrected chi connectivity index (χ2v) is 7.82. The fourth-order valence-corrected chi connectivity index (χ4v) is 4.36. The highest BCUT2D eigenvalue weighted by atomic mass is 16.5. The monoisotopic (exact) mass is 408 g/mol. The molecule has 4 rings (SSSR count). The van der Waals surface area contributed by atoms with Crippen LogP contribution < -0.4 is 5.73 Å². The van der Waals surface area contributed by atoms with Crippen molar-refractivity contribution in [3.05, 3.63) is 53.6 Å². The van der Waals surface area contributed by atoms with Crippen molar-refractivity contribution in [1.82, 2.24) is 14.9 Å². The van der Waals surface area contributed by atoms with Crippen molar-refractivity contribution in [2.75, 3.05) is 27.4 Å². The molecule has 1 fully saturated rings. The number of aromatic nitrogens is 2. The van der Waals surface area contributed by atoms with Crippen LogP contribution in [0.4, 0.5) is 0 Å². The lowest BCUT2D eigenvalue weighted by Crippen LogP contribution is -2.40. The summed E-state index contributed by atoms with van der Waals surface area (Å²) in [5, 5.41) is 0. The van der Waals surface area contributed by atoms with Crippen LogP contribution in [-0.2, 0) is 16.0 Å². The van der Waals surface area contributed by atoms with Gasteiger partial charge in [0.15, 0.2) is 0 Å². The zero-order valence-corrected chi connectivity index (χ0v) is 17.4. The number of carbonyl (C=O) groups excluding carboxylic acids is 1. The number of H-pyrrole nitrogens is 1.